The lowest BCUT2D eigenvalue weighted by Crippen LogP contribution is -2.54. The highest BCUT2D eigenvalue weighted by atomic mass is 19.4. The Hall–Kier alpha value is -2.97. The van der Waals surface area contributed by atoms with E-state index in [9.17, 15) is 22.8 Å². The molecular formula is C16H13F3N4O2. The first kappa shape index (κ1) is 16.9. The normalized spacial score (nSPS) is 14.8. The first-order chi connectivity index (χ1) is 11.9. The minimum atomic E-state index is -4.56. The van der Waals surface area contributed by atoms with Crippen molar-refractivity contribution < 1.29 is 22.8 Å². The maximum atomic E-state index is 12.9. The van der Waals surface area contributed by atoms with Crippen molar-refractivity contribution in [3.8, 4) is 0 Å². The first-order valence-corrected chi connectivity index (χ1v) is 7.38. The van der Waals surface area contributed by atoms with Crippen LogP contribution in [0.3, 0.4) is 0 Å². The molecule has 130 valence electrons. The van der Waals surface area contributed by atoms with Crippen molar-refractivity contribution >= 4 is 17.5 Å². The van der Waals surface area contributed by atoms with Gasteiger partial charge in [-0.3, -0.25) is 14.6 Å². The molecular weight excluding hydrogens is 337 g/mol. The minimum absolute atomic E-state index is 0.120. The first-order valence-electron chi connectivity index (χ1n) is 7.38. The van der Waals surface area contributed by atoms with Gasteiger partial charge in [0.15, 0.2) is 0 Å². The van der Waals surface area contributed by atoms with Gasteiger partial charge in [0.25, 0.3) is 5.91 Å². The van der Waals surface area contributed by atoms with Gasteiger partial charge in [-0.1, -0.05) is 12.1 Å². The van der Waals surface area contributed by atoms with Gasteiger partial charge >= 0.3 is 6.18 Å². The van der Waals surface area contributed by atoms with Crippen LogP contribution >= 0.6 is 0 Å². The summed E-state index contributed by atoms with van der Waals surface area (Å²) in [6.45, 7) is 0.241. The average Bonchev–Trinajstić information content (AvgIpc) is 2.53. The van der Waals surface area contributed by atoms with Crippen molar-refractivity contribution in [1.29, 1.82) is 0 Å². The molecule has 25 heavy (non-hydrogen) atoms. The second-order valence-corrected chi connectivity index (χ2v) is 5.53. The monoisotopic (exact) mass is 350 g/mol. The van der Waals surface area contributed by atoms with Crippen LogP contribution in [0.4, 0.5) is 18.9 Å². The molecule has 0 atom stereocenters. The molecule has 1 saturated heterocycles. The van der Waals surface area contributed by atoms with E-state index in [1.54, 1.807) is 0 Å². The van der Waals surface area contributed by atoms with Crippen LogP contribution < -0.4 is 5.32 Å². The zero-order chi connectivity index (χ0) is 18.0. The number of benzene rings is 1. The van der Waals surface area contributed by atoms with E-state index in [2.05, 4.69) is 15.3 Å². The molecule has 1 N–H and O–H groups in total. The summed E-state index contributed by atoms with van der Waals surface area (Å²) in [6.07, 6.45) is -0.431. The topological polar surface area (TPSA) is 75.2 Å². The van der Waals surface area contributed by atoms with Gasteiger partial charge in [-0.2, -0.15) is 13.2 Å². The quantitative estimate of drug-likeness (QED) is 0.921. The molecule has 0 aliphatic carbocycles. The molecule has 3 rings (SSSR count). The SMILES string of the molecule is O=C(Nc1ccccc1C(F)(F)F)C1CN(C(=O)c2cnccn2)C1. The molecule has 2 amide bonds. The molecule has 0 bridgehead atoms. The molecule has 2 aromatic rings. The highest BCUT2D eigenvalue weighted by molar-refractivity contribution is 5.97. The van der Waals surface area contributed by atoms with Crippen LogP contribution in [0.25, 0.3) is 0 Å². The fourth-order valence-corrected chi connectivity index (χ4v) is 2.46. The van der Waals surface area contributed by atoms with Crippen LogP contribution in [0.5, 0.6) is 0 Å². The van der Waals surface area contributed by atoms with Gasteiger partial charge in [-0.25, -0.2) is 4.98 Å². The van der Waals surface area contributed by atoms with E-state index >= 15 is 0 Å². The maximum absolute atomic E-state index is 12.9. The number of amides is 2. The number of aromatic nitrogens is 2. The molecule has 2 heterocycles. The summed E-state index contributed by atoms with van der Waals surface area (Å²) in [5.74, 6) is -1.49. The number of hydrogen-bond acceptors (Lipinski definition) is 4. The summed E-state index contributed by atoms with van der Waals surface area (Å²) in [4.78, 5) is 33.3. The van der Waals surface area contributed by atoms with Crippen LogP contribution in [0, 0.1) is 5.92 Å². The standard InChI is InChI=1S/C16H13F3N4O2/c17-16(18,19)11-3-1-2-4-12(11)22-14(24)10-8-23(9-10)15(25)13-7-20-5-6-21-13/h1-7,10H,8-9H2,(H,22,24). The fraction of sp³-hybridized carbons (Fsp3) is 0.250. The smallest absolute Gasteiger partial charge is 0.336 e. The molecule has 1 aromatic carbocycles. The second-order valence-electron chi connectivity index (χ2n) is 5.53. The summed E-state index contributed by atoms with van der Waals surface area (Å²) < 4.78 is 38.8. The van der Waals surface area contributed by atoms with Gasteiger partial charge < -0.3 is 10.2 Å². The van der Waals surface area contributed by atoms with Crippen LogP contribution in [0.1, 0.15) is 16.1 Å². The molecule has 9 heteroatoms. The maximum Gasteiger partial charge on any atom is 0.418 e. The molecule has 1 aromatic heterocycles. The zero-order valence-electron chi connectivity index (χ0n) is 12.8. The largest absolute Gasteiger partial charge is 0.418 e. The fourth-order valence-electron chi connectivity index (χ4n) is 2.46. The lowest BCUT2D eigenvalue weighted by Gasteiger charge is -2.38. The van der Waals surface area contributed by atoms with E-state index in [0.717, 1.165) is 6.07 Å². The lowest BCUT2D eigenvalue weighted by molar-refractivity contribution is -0.137. The molecule has 1 fully saturated rings. The van der Waals surface area contributed by atoms with Gasteiger partial charge in [0.05, 0.1) is 23.4 Å². The van der Waals surface area contributed by atoms with Gasteiger partial charge in [-0.05, 0) is 12.1 Å². The molecule has 0 spiro atoms. The van der Waals surface area contributed by atoms with E-state index in [0.29, 0.717) is 0 Å². The van der Waals surface area contributed by atoms with Crippen molar-refractivity contribution in [2.45, 2.75) is 6.18 Å². The average molecular weight is 350 g/mol. The van der Waals surface area contributed by atoms with Crippen molar-refractivity contribution in [1.82, 2.24) is 14.9 Å². The highest BCUT2D eigenvalue weighted by Gasteiger charge is 2.38. The number of rotatable bonds is 3. The van der Waals surface area contributed by atoms with Crippen LogP contribution in [-0.2, 0) is 11.0 Å². The Bertz CT molecular complexity index is 789. The summed E-state index contributed by atoms with van der Waals surface area (Å²) in [6, 6.07) is 4.76. The molecule has 0 radical (unpaired) electrons. The summed E-state index contributed by atoms with van der Waals surface area (Å²) >= 11 is 0. The number of carbonyl (C=O) groups excluding carboxylic acids is 2. The molecule has 0 unspecified atom stereocenters. The second kappa shape index (κ2) is 6.50. The van der Waals surface area contributed by atoms with Gasteiger partial charge in [0, 0.05) is 25.5 Å². The highest BCUT2D eigenvalue weighted by Crippen LogP contribution is 2.35. The Morgan fingerprint density at radius 3 is 2.52 bits per heavy atom. The van der Waals surface area contributed by atoms with E-state index in [-0.39, 0.29) is 30.4 Å². The van der Waals surface area contributed by atoms with Gasteiger partial charge in [-0.15, -0.1) is 0 Å². The van der Waals surface area contributed by atoms with E-state index in [4.69, 9.17) is 0 Å². The summed E-state index contributed by atoms with van der Waals surface area (Å²) in [5, 5.41) is 2.29. The third-order valence-electron chi connectivity index (χ3n) is 3.81. The number of halogens is 3. The number of carbonyl (C=O) groups is 2. The molecule has 1 aliphatic heterocycles. The number of nitrogens with zero attached hydrogens (tertiary/aromatic N) is 3. The number of anilines is 1. The molecule has 1 aliphatic rings. The Morgan fingerprint density at radius 2 is 1.88 bits per heavy atom. The van der Waals surface area contributed by atoms with Gasteiger partial charge in [0.1, 0.15) is 5.69 Å². The number of hydrogen-bond donors (Lipinski definition) is 1. The Labute approximate surface area is 140 Å². The zero-order valence-corrected chi connectivity index (χ0v) is 12.8. The lowest BCUT2D eigenvalue weighted by atomic mass is 9.98. The van der Waals surface area contributed by atoms with E-state index in [1.165, 1.54) is 41.7 Å². The van der Waals surface area contributed by atoms with E-state index in [1.807, 2.05) is 0 Å². The Morgan fingerprint density at radius 1 is 1.16 bits per heavy atom. The predicted molar refractivity (Wildman–Crippen MR) is 81.5 cm³/mol. The van der Waals surface area contributed by atoms with Crippen LogP contribution in [0.15, 0.2) is 42.9 Å². The predicted octanol–water partition coefficient (Wildman–Crippen LogP) is 2.21. The number of likely N-dealkylation sites (tertiary alicyclic amines) is 1. The Balaban J connectivity index is 1.61. The molecule has 6 nitrogen and oxygen atoms in total. The van der Waals surface area contributed by atoms with Crippen LogP contribution in [0.2, 0.25) is 0 Å². The van der Waals surface area contributed by atoms with Crippen LogP contribution in [-0.4, -0.2) is 39.8 Å². The number of nitrogens with one attached hydrogen (secondary N) is 1. The van der Waals surface area contributed by atoms with Crippen molar-refractivity contribution in [2.75, 3.05) is 18.4 Å². The summed E-state index contributed by atoms with van der Waals surface area (Å²) in [5.41, 5.74) is -1.04. The van der Waals surface area contributed by atoms with Crippen molar-refractivity contribution in [3.05, 3.63) is 54.1 Å². The number of para-hydroxylation sites is 1. The van der Waals surface area contributed by atoms with Crippen molar-refractivity contribution in [3.63, 3.8) is 0 Å². The summed E-state index contributed by atoms with van der Waals surface area (Å²) in [7, 11) is 0. The van der Waals surface area contributed by atoms with E-state index < -0.39 is 23.6 Å². The minimum Gasteiger partial charge on any atom is -0.336 e. The number of alkyl halides is 3. The third-order valence-corrected chi connectivity index (χ3v) is 3.81. The van der Waals surface area contributed by atoms with Crippen molar-refractivity contribution in [2.24, 2.45) is 5.92 Å². The van der Waals surface area contributed by atoms with Gasteiger partial charge in [0.2, 0.25) is 5.91 Å². The third kappa shape index (κ3) is 3.59. The molecule has 0 saturated carbocycles. The Kier molecular flexibility index (Phi) is 4.39.